The molecular weight excluding hydrogens is 318 g/mol. The number of hydrogen-bond donors (Lipinski definition) is 1. The second-order valence-corrected chi connectivity index (χ2v) is 7.59. The molecule has 3 fully saturated rings. The molecule has 1 atom stereocenters. The molecular formula is C19H27N3O3. The molecule has 136 valence electrons. The van der Waals surface area contributed by atoms with Crippen molar-refractivity contribution in [3.05, 3.63) is 24.0 Å². The fourth-order valence-electron chi connectivity index (χ4n) is 4.72. The number of nitrogens with zero attached hydrogens (tertiary/aromatic N) is 2. The van der Waals surface area contributed by atoms with Gasteiger partial charge >= 0.3 is 6.03 Å². The predicted octanol–water partition coefficient (Wildman–Crippen LogP) is 2.58. The van der Waals surface area contributed by atoms with Gasteiger partial charge in [0.2, 0.25) is 0 Å². The Bertz CT molecular complexity index is 609. The van der Waals surface area contributed by atoms with E-state index >= 15 is 0 Å². The van der Waals surface area contributed by atoms with E-state index in [1.54, 1.807) is 13.3 Å². The Morgan fingerprint density at radius 3 is 2.80 bits per heavy atom. The summed E-state index contributed by atoms with van der Waals surface area (Å²) < 4.78 is 10.6. The molecule has 1 saturated carbocycles. The van der Waals surface area contributed by atoms with E-state index in [0.717, 1.165) is 44.0 Å². The Kier molecular flexibility index (Phi) is 4.54. The van der Waals surface area contributed by atoms with Crippen LogP contribution in [0.25, 0.3) is 0 Å². The normalized spacial score (nSPS) is 25.2. The summed E-state index contributed by atoms with van der Waals surface area (Å²) in [5, 5.41) is 3.05. The Hall–Kier alpha value is -1.82. The van der Waals surface area contributed by atoms with Crippen LogP contribution in [0.5, 0.6) is 5.75 Å². The van der Waals surface area contributed by atoms with Crippen molar-refractivity contribution in [3.63, 3.8) is 0 Å². The first kappa shape index (κ1) is 16.6. The zero-order valence-electron chi connectivity index (χ0n) is 14.9. The molecule has 4 rings (SSSR count). The van der Waals surface area contributed by atoms with Crippen LogP contribution in [0.4, 0.5) is 4.79 Å². The minimum Gasteiger partial charge on any atom is -0.495 e. The van der Waals surface area contributed by atoms with Crippen LogP contribution in [0.3, 0.4) is 0 Å². The average molecular weight is 345 g/mol. The highest BCUT2D eigenvalue weighted by Gasteiger charge is 2.59. The lowest BCUT2D eigenvalue weighted by Gasteiger charge is -2.64. The number of aromatic nitrogens is 1. The van der Waals surface area contributed by atoms with Crippen molar-refractivity contribution < 1.29 is 14.3 Å². The first-order chi connectivity index (χ1) is 12.2. The minimum absolute atomic E-state index is 0.0478. The highest BCUT2D eigenvalue weighted by atomic mass is 16.5. The second kappa shape index (κ2) is 6.83. The van der Waals surface area contributed by atoms with Crippen LogP contribution in [0.2, 0.25) is 0 Å². The first-order valence-corrected chi connectivity index (χ1v) is 9.33. The number of nitrogens with one attached hydrogen (secondary N) is 1. The number of pyridine rings is 1. The van der Waals surface area contributed by atoms with Crippen LogP contribution in [-0.4, -0.2) is 48.8 Å². The van der Waals surface area contributed by atoms with Crippen molar-refractivity contribution in [2.75, 3.05) is 26.9 Å². The third-order valence-corrected chi connectivity index (χ3v) is 6.23. The SMILES string of the molecule is COc1ccc(CNC(=O)N2CC3(CCC3)C2C2CCOCC2)nc1. The third kappa shape index (κ3) is 3.08. The largest absolute Gasteiger partial charge is 0.495 e. The minimum atomic E-state index is 0.0478. The number of carbonyl (C=O) groups is 1. The highest BCUT2D eigenvalue weighted by Crippen LogP contribution is 2.56. The zero-order chi connectivity index (χ0) is 17.3. The van der Waals surface area contributed by atoms with E-state index in [9.17, 15) is 4.79 Å². The number of amides is 2. The Labute approximate surface area is 148 Å². The molecule has 2 amide bonds. The molecule has 1 N–H and O–H groups in total. The van der Waals surface area contributed by atoms with Gasteiger partial charge in [-0.25, -0.2) is 4.79 Å². The van der Waals surface area contributed by atoms with Crippen LogP contribution < -0.4 is 10.1 Å². The molecule has 0 aromatic carbocycles. The average Bonchev–Trinajstić information content (AvgIpc) is 2.59. The molecule has 6 heteroatoms. The monoisotopic (exact) mass is 345 g/mol. The van der Waals surface area contributed by atoms with Crippen molar-refractivity contribution >= 4 is 6.03 Å². The second-order valence-electron chi connectivity index (χ2n) is 7.59. The third-order valence-electron chi connectivity index (χ3n) is 6.23. The molecule has 0 radical (unpaired) electrons. The van der Waals surface area contributed by atoms with E-state index in [-0.39, 0.29) is 6.03 Å². The van der Waals surface area contributed by atoms with Gasteiger partial charge in [0.25, 0.3) is 0 Å². The first-order valence-electron chi connectivity index (χ1n) is 9.33. The number of likely N-dealkylation sites (tertiary alicyclic amines) is 1. The fourth-order valence-corrected chi connectivity index (χ4v) is 4.72. The van der Waals surface area contributed by atoms with Gasteiger partial charge in [-0.2, -0.15) is 0 Å². The molecule has 1 unspecified atom stereocenters. The molecule has 3 aliphatic rings. The van der Waals surface area contributed by atoms with E-state index in [1.165, 1.54) is 19.3 Å². The quantitative estimate of drug-likeness (QED) is 0.911. The molecule has 3 heterocycles. The fraction of sp³-hybridized carbons (Fsp3) is 0.684. The molecule has 1 spiro atoms. The van der Waals surface area contributed by atoms with E-state index in [0.29, 0.717) is 23.9 Å². The maximum Gasteiger partial charge on any atom is 0.318 e. The van der Waals surface area contributed by atoms with Gasteiger partial charge in [0.15, 0.2) is 0 Å². The summed E-state index contributed by atoms with van der Waals surface area (Å²) >= 11 is 0. The Balaban J connectivity index is 1.37. The summed E-state index contributed by atoms with van der Waals surface area (Å²) in [5.41, 5.74) is 1.24. The van der Waals surface area contributed by atoms with Gasteiger partial charge in [0.05, 0.1) is 25.5 Å². The molecule has 2 saturated heterocycles. The molecule has 6 nitrogen and oxygen atoms in total. The summed E-state index contributed by atoms with van der Waals surface area (Å²) in [6.45, 7) is 3.04. The van der Waals surface area contributed by atoms with E-state index in [1.807, 2.05) is 12.1 Å². The van der Waals surface area contributed by atoms with Crippen molar-refractivity contribution in [3.8, 4) is 5.75 Å². The lowest BCUT2D eigenvalue weighted by molar-refractivity contribution is -0.137. The van der Waals surface area contributed by atoms with Crippen molar-refractivity contribution in [1.29, 1.82) is 0 Å². The number of methoxy groups -OCH3 is 1. The molecule has 2 aliphatic heterocycles. The summed E-state index contributed by atoms with van der Waals surface area (Å²) in [5.74, 6) is 1.32. The molecule has 1 aliphatic carbocycles. The van der Waals surface area contributed by atoms with E-state index in [4.69, 9.17) is 9.47 Å². The maximum atomic E-state index is 12.7. The van der Waals surface area contributed by atoms with Gasteiger partial charge in [-0.15, -0.1) is 0 Å². The number of carbonyl (C=O) groups excluding carboxylic acids is 1. The molecule has 25 heavy (non-hydrogen) atoms. The Morgan fingerprint density at radius 1 is 1.40 bits per heavy atom. The van der Waals surface area contributed by atoms with Gasteiger partial charge in [0.1, 0.15) is 5.75 Å². The maximum absolute atomic E-state index is 12.7. The summed E-state index contributed by atoms with van der Waals surface area (Å²) in [6.07, 6.45) is 7.70. The lowest BCUT2D eigenvalue weighted by atomic mass is 9.54. The topological polar surface area (TPSA) is 63.7 Å². The standard InChI is InChI=1S/C19H27N3O3/c1-24-16-4-3-15(20-12-16)11-21-18(23)22-13-19(7-2-8-19)17(22)14-5-9-25-10-6-14/h3-4,12,14,17H,2,5-11,13H2,1H3,(H,21,23). The van der Waals surface area contributed by atoms with Gasteiger partial charge in [-0.3, -0.25) is 4.98 Å². The Morgan fingerprint density at radius 2 is 2.20 bits per heavy atom. The van der Waals surface area contributed by atoms with Crippen molar-refractivity contribution in [2.24, 2.45) is 11.3 Å². The van der Waals surface area contributed by atoms with Crippen LogP contribution in [0.1, 0.15) is 37.8 Å². The number of ether oxygens (including phenoxy) is 2. The van der Waals surface area contributed by atoms with Crippen LogP contribution in [0.15, 0.2) is 18.3 Å². The van der Waals surface area contributed by atoms with E-state index < -0.39 is 0 Å². The summed E-state index contributed by atoms with van der Waals surface area (Å²) in [4.78, 5) is 19.1. The van der Waals surface area contributed by atoms with Crippen LogP contribution >= 0.6 is 0 Å². The number of rotatable bonds is 4. The molecule has 0 bridgehead atoms. The highest BCUT2D eigenvalue weighted by molar-refractivity contribution is 5.76. The van der Waals surface area contributed by atoms with E-state index in [2.05, 4.69) is 15.2 Å². The molecule has 1 aromatic rings. The van der Waals surface area contributed by atoms with Gasteiger partial charge in [-0.1, -0.05) is 6.42 Å². The smallest absolute Gasteiger partial charge is 0.318 e. The summed E-state index contributed by atoms with van der Waals surface area (Å²) in [6, 6.07) is 4.20. The van der Waals surface area contributed by atoms with Crippen LogP contribution in [-0.2, 0) is 11.3 Å². The number of urea groups is 1. The summed E-state index contributed by atoms with van der Waals surface area (Å²) in [7, 11) is 1.62. The van der Waals surface area contributed by atoms with Crippen molar-refractivity contribution in [1.82, 2.24) is 15.2 Å². The zero-order valence-corrected chi connectivity index (χ0v) is 14.9. The van der Waals surface area contributed by atoms with Gasteiger partial charge < -0.3 is 19.7 Å². The van der Waals surface area contributed by atoms with Gasteiger partial charge in [0, 0.05) is 31.2 Å². The van der Waals surface area contributed by atoms with Gasteiger partial charge in [-0.05, 0) is 43.7 Å². The van der Waals surface area contributed by atoms with Crippen molar-refractivity contribution in [2.45, 2.75) is 44.7 Å². The lowest BCUT2D eigenvalue weighted by Crippen LogP contribution is -2.72. The van der Waals surface area contributed by atoms with Crippen LogP contribution in [0, 0.1) is 11.3 Å². The number of hydrogen-bond acceptors (Lipinski definition) is 4. The predicted molar refractivity (Wildman–Crippen MR) is 93.3 cm³/mol. The molecule has 1 aromatic heterocycles.